The minimum Gasteiger partial charge on any atom is -0.444 e. The summed E-state index contributed by atoms with van der Waals surface area (Å²) in [6.07, 6.45) is -0.884. The Morgan fingerprint density at radius 3 is 2.60 bits per heavy atom. The van der Waals surface area contributed by atoms with Crippen LogP contribution in [-0.2, 0) is 11.3 Å². The van der Waals surface area contributed by atoms with Gasteiger partial charge in [0.05, 0.1) is 5.69 Å². The van der Waals surface area contributed by atoms with Crippen LogP contribution in [-0.4, -0.2) is 27.6 Å². The van der Waals surface area contributed by atoms with E-state index in [1.165, 1.54) is 4.90 Å². The monoisotopic (exact) mass is 338 g/mol. The third-order valence-corrected chi connectivity index (χ3v) is 4.03. The molecule has 5 nitrogen and oxygen atoms in total. The number of aliphatic hydroxyl groups excluding tert-OH is 1. The lowest BCUT2D eigenvalue weighted by Gasteiger charge is -2.26. The van der Waals surface area contributed by atoms with Crippen molar-refractivity contribution in [1.29, 1.82) is 0 Å². The number of fused-ring (bicyclic) bond motifs is 1. The van der Waals surface area contributed by atoms with Gasteiger partial charge in [-0.05, 0) is 29.5 Å². The number of rotatable bonds is 6. The van der Waals surface area contributed by atoms with E-state index in [9.17, 15) is 9.90 Å². The molecular formula is C20H22N2O3. The van der Waals surface area contributed by atoms with Crippen molar-refractivity contribution >= 4 is 17.0 Å². The van der Waals surface area contributed by atoms with Gasteiger partial charge in [0.25, 0.3) is 0 Å². The number of amides is 1. The fraction of sp³-hybridized carbons (Fsp3) is 0.250. The van der Waals surface area contributed by atoms with Crippen LogP contribution in [0.15, 0.2) is 60.7 Å². The molecule has 0 aliphatic carbocycles. The lowest BCUT2D eigenvalue weighted by Crippen LogP contribution is -2.36. The van der Waals surface area contributed by atoms with Gasteiger partial charge in [0, 0.05) is 12.1 Å². The van der Waals surface area contributed by atoms with E-state index in [-0.39, 0.29) is 6.61 Å². The number of nitrogens with zero attached hydrogens (tertiary/aromatic N) is 1. The van der Waals surface area contributed by atoms with Gasteiger partial charge in [-0.3, -0.25) is 4.90 Å². The van der Waals surface area contributed by atoms with E-state index in [0.717, 1.165) is 22.9 Å². The lowest BCUT2D eigenvalue weighted by molar-refractivity contribution is -0.00650. The number of hydrogen-bond acceptors (Lipinski definition) is 3. The molecule has 2 N–H and O–H groups in total. The molecule has 1 aromatic heterocycles. The number of H-pyrrole nitrogens is 1. The van der Waals surface area contributed by atoms with Gasteiger partial charge in [-0.2, -0.15) is 0 Å². The number of para-hydroxylation sites is 1. The van der Waals surface area contributed by atoms with Gasteiger partial charge in [-0.25, -0.2) is 4.79 Å². The van der Waals surface area contributed by atoms with Crippen LogP contribution in [0.3, 0.4) is 0 Å². The molecule has 3 aromatic rings. The smallest absolute Gasteiger partial charge is 0.412 e. The number of ether oxygens (including phenoxy) is 1. The quantitative estimate of drug-likeness (QED) is 0.662. The Morgan fingerprint density at radius 1 is 1.16 bits per heavy atom. The molecule has 1 heterocycles. The van der Waals surface area contributed by atoms with Gasteiger partial charge in [0.1, 0.15) is 6.61 Å². The van der Waals surface area contributed by atoms with Crippen LogP contribution in [0.4, 0.5) is 4.79 Å². The maximum atomic E-state index is 12.5. The molecule has 0 saturated heterocycles. The molecule has 0 saturated carbocycles. The zero-order valence-corrected chi connectivity index (χ0v) is 14.2. The van der Waals surface area contributed by atoms with E-state index in [2.05, 4.69) is 4.98 Å². The van der Waals surface area contributed by atoms with Gasteiger partial charge in [0.2, 0.25) is 0 Å². The van der Waals surface area contributed by atoms with E-state index < -0.39 is 12.3 Å². The van der Waals surface area contributed by atoms with Crippen molar-refractivity contribution in [3.8, 4) is 0 Å². The number of nitrogens with one attached hydrogen (secondary N) is 1. The molecule has 0 fully saturated rings. The Balaban J connectivity index is 1.73. The first kappa shape index (κ1) is 17.0. The van der Waals surface area contributed by atoms with Crippen molar-refractivity contribution in [2.24, 2.45) is 0 Å². The van der Waals surface area contributed by atoms with Crippen LogP contribution in [0.2, 0.25) is 0 Å². The fourth-order valence-corrected chi connectivity index (χ4v) is 2.76. The number of aliphatic hydroxyl groups is 1. The van der Waals surface area contributed by atoms with Crippen LogP contribution in [0.1, 0.15) is 30.8 Å². The molecule has 130 valence electrons. The molecule has 1 amide bonds. The van der Waals surface area contributed by atoms with Gasteiger partial charge in [-0.15, -0.1) is 0 Å². The second kappa shape index (κ2) is 7.85. The molecular weight excluding hydrogens is 316 g/mol. The van der Waals surface area contributed by atoms with E-state index >= 15 is 0 Å². The van der Waals surface area contributed by atoms with Crippen LogP contribution in [0, 0.1) is 0 Å². The third-order valence-electron chi connectivity index (χ3n) is 4.03. The third kappa shape index (κ3) is 4.00. The van der Waals surface area contributed by atoms with Gasteiger partial charge in [0.15, 0.2) is 6.23 Å². The van der Waals surface area contributed by atoms with Crippen molar-refractivity contribution < 1.29 is 14.6 Å². The highest BCUT2D eigenvalue weighted by Gasteiger charge is 2.25. The van der Waals surface area contributed by atoms with Crippen LogP contribution >= 0.6 is 0 Å². The Morgan fingerprint density at radius 2 is 1.88 bits per heavy atom. The highest BCUT2D eigenvalue weighted by Crippen LogP contribution is 2.23. The molecule has 0 aliphatic heterocycles. The summed E-state index contributed by atoms with van der Waals surface area (Å²) in [5.74, 6) is 0. The molecule has 0 radical (unpaired) electrons. The first-order chi connectivity index (χ1) is 12.2. The van der Waals surface area contributed by atoms with Crippen LogP contribution in [0.5, 0.6) is 0 Å². The zero-order valence-electron chi connectivity index (χ0n) is 14.2. The van der Waals surface area contributed by atoms with E-state index in [4.69, 9.17) is 4.74 Å². The maximum Gasteiger partial charge on any atom is 0.412 e. The van der Waals surface area contributed by atoms with Gasteiger partial charge >= 0.3 is 6.09 Å². The number of benzene rings is 2. The molecule has 1 atom stereocenters. The second-order valence-corrected chi connectivity index (χ2v) is 5.92. The Hall–Kier alpha value is -2.79. The van der Waals surface area contributed by atoms with E-state index in [1.807, 2.05) is 67.6 Å². The average Bonchev–Trinajstić information content (AvgIpc) is 3.09. The predicted molar refractivity (Wildman–Crippen MR) is 96.9 cm³/mol. The van der Waals surface area contributed by atoms with Crippen molar-refractivity contribution in [2.75, 3.05) is 6.54 Å². The highest BCUT2D eigenvalue weighted by atomic mass is 16.6. The highest BCUT2D eigenvalue weighted by molar-refractivity contribution is 5.80. The van der Waals surface area contributed by atoms with Crippen LogP contribution < -0.4 is 0 Å². The number of carbonyl (C=O) groups excluding carboxylic acids is 1. The maximum absolute atomic E-state index is 12.5. The zero-order chi connectivity index (χ0) is 17.6. The number of aromatic nitrogens is 1. The van der Waals surface area contributed by atoms with Crippen molar-refractivity contribution in [3.63, 3.8) is 0 Å². The number of hydrogen-bond donors (Lipinski definition) is 2. The molecule has 1 unspecified atom stereocenters. The Labute approximate surface area is 146 Å². The molecule has 0 bridgehead atoms. The lowest BCUT2D eigenvalue weighted by atomic mass is 10.2. The summed E-state index contributed by atoms with van der Waals surface area (Å²) < 4.78 is 5.37. The molecule has 25 heavy (non-hydrogen) atoms. The van der Waals surface area contributed by atoms with Crippen molar-refractivity contribution in [3.05, 3.63) is 71.9 Å². The standard InChI is InChI=1S/C20H22N2O3/c1-2-12-22(20(24)25-14-15-8-4-3-5-9-15)19(23)18-13-16-10-6-7-11-17(16)21-18/h3-11,13,19,21,23H,2,12,14H2,1H3. The number of carbonyl (C=O) groups is 1. The minimum absolute atomic E-state index is 0.180. The molecule has 3 rings (SSSR count). The van der Waals surface area contributed by atoms with Gasteiger partial charge in [-0.1, -0.05) is 55.5 Å². The fourth-order valence-electron chi connectivity index (χ4n) is 2.76. The van der Waals surface area contributed by atoms with Gasteiger partial charge < -0.3 is 14.8 Å². The minimum atomic E-state index is -1.07. The van der Waals surface area contributed by atoms with Crippen molar-refractivity contribution in [2.45, 2.75) is 26.2 Å². The summed E-state index contributed by atoms with van der Waals surface area (Å²) >= 11 is 0. The molecule has 0 aliphatic rings. The summed E-state index contributed by atoms with van der Waals surface area (Å²) in [5, 5.41) is 11.7. The molecule has 2 aromatic carbocycles. The normalized spacial score (nSPS) is 12.1. The first-order valence-corrected chi connectivity index (χ1v) is 8.42. The second-order valence-electron chi connectivity index (χ2n) is 5.92. The summed E-state index contributed by atoms with van der Waals surface area (Å²) in [7, 11) is 0. The first-order valence-electron chi connectivity index (χ1n) is 8.42. The van der Waals surface area contributed by atoms with E-state index in [0.29, 0.717) is 12.2 Å². The van der Waals surface area contributed by atoms with Crippen LogP contribution in [0.25, 0.3) is 10.9 Å². The average molecular weight is 338 g/mol. The molecule has 0 spiro atoms. The summed E-state index contributed by atoms with van der Waals surface area (Å²) in [5.41, 5.74) is 2.41. The Kier molecular flexibility index (Phi) is 5.36. The summed E-state index contributed by atoms with van der Waals surface area (Å²) in [4.78, 5) is 17.0. The topological polar surface area (TPSA) is 65.6 Å². The SMILES string of the molecule is CCCN(C(=O)OCc1ccccc1)C(O)c1cc2ccccc2[nH]1. The largest absolute Gasteiger partial charge is 0.444 e. The molecule has 5 heteroatoms. The van der Waals surface area contributed by atoms with E-state index in [1.54, 1.807) is 0 Å². The summed E-state index contributed by atoms with van der Waals surface area (Å²) in [6, 6.07) is 19.1. The van der Waals surface area contributed by atoms with Crippen molar-refractivity contribution in [1.82, 2.24) is 9.88 Å². The predicted octanol–water partition coefficient (Wildman–Crippen LogP) is 4.21. The Bertz CT molecular complexity index is 796. The summed E-state index contributed by atoms with van der Waals surface area (Å²) in [6.45, 7) is 2.54. The number of aromatic amines is 1.